The van der Waals surface area contributed by atoms with Crippen molar-refractivity contribution in [3.63, 3.8) is 0 Å². The number of aromatic nitrogens is 4. The number of rotatable bonds is 5. The SMILES string of the molecule is Cc1cc(NC=C(C#N)c2nn[nH]n2)ccc1NC(=O)c1cccs1. The molecule has 0 unspecified atom stereocenters. The van der Waals surface area contributed by atoms with Crippen LogP contribution in [0.25, 0.3) is 5.57 Å². The van der Waals surface area contributed by atoms with E-state index >= 15 is 0 Å². The van der Waals surface area contributed by atoms with Gasteiger partial charge in [0.15, 0.2) is 0 Å². The van der Waals surface area contributed by atoms with Crippen molar-refractivity contribution in [3.8, 4) is 6.07 Å². The van der Waals surface area contributed by atoms with Crippen LogP contribution in [0.5, 0.6) is 0 Å². The second-order valence-electron chi connectivity index (χ2n) is 5.01. The minimum Gasteiger partial charge on any atom is -0.360 e. The number of benzene rings is 1. The number of hydrogen-bond acceptors (Lipinski definition) is 7. The summed E-state index contributed by atoms with van der Waals surface area (Å²) in [7, 11) is 0. The van der Waals surface area contributed by atoms with Crippen molar-refractivity contribution in [2.24, 2.45) is 0 Å². The van der Waals surface area contributed by atoms with Crippen LogP contribution in [-0.2, 0) is 0 Å². The standard InChI is InChI=1S/C16H13N7OS/c1-10-7-12(18-9-11(8-17)15-20-22-23-21-15)4-5-13(10)19-16(24)14-3-2-6-25-14/h2-7,9,18H,1H3,(H,19,24)(H,20,21,22,23). The largest absolute Gasteiger partial charge is 0.360 e. The number of nitrogens with one attached hydrogen (secondary N) is 3. The molecule has 0 bridgehead atoms. The summed E-state index contributed by atoms with van der Waals surface area (Å²) < 4.78 is 0. The molecule has 0 saturated carbocycles. The van der Waals surface area contributed by atoms with Crippen LogP contribution < -0.4 is 10.6 Å². The zero-order valence-electron chi connectivity index (χ0n) is 13.1. The van der Waals surface area contributed by atoms with E-state index in [4.69, 9.17) is 5.26 Å². The van der Waals surface area contributed by atoms with E-state index in [0.717, 1.165) is 16.9 Å². The van der Waals surface area contributed by atoms with Crippen molar-refractivity contribution in [2.45, 2.75) is 6.92 Å². The molecule has 0 aliphatic carbocycles. The van der Waals surface area contributed by atoms with E-state index in [0.29, 0.717) is 4.88 Å². The molecule has 3 N–H and O–H groups in total. The molecule has 2 heterocycles. The normalized spacial score (nSPS) is 11.0. The lowest BCUT2D eigenvalue weighted by Crippen LogP contribution is -2.11. The predicted octanol–water partition coefficient (Wildman–Crippen LogP) is 2.80. The molecule has 2 aromatic heterocycles. The van der Waals surface area contributed by atoms with Gasteiger partial charge in [0.2, 0.25) is 5.82 Å². The van der Waals surface area contributed by atoms with Gasteiger partial charge in [-0.1, -0.05) is 6.07 Å². The number of carbonyl (C=O) groups excluding carboxylic acids is 1. The summed E-state index contributed by atoms with van der Waals surface area (Å²) >= 11 is 1.39. The first kappa shape index (κ1) is 16.4. The number of anilines is 2. The number of H-pyrrole nitrogens is 1. The lowest BCUT2D eigenvalue weighted by Gasteiger charge is -2.10. The Kier molecular flexibility index (Phi) is 4.82. The van der Waals surface area contributed by atoms with Gasteiger partial charge in [-0.25, -0.2) is 0 Å². The Labute approximate surface area is 147 Å². The Morgan fingerprint density at radius 1 is 1.40 bits per heavy atom. The van der Waals surface area contributed by atoms with Crippen molar-refractivity contribution in [3.05, 3.63) is 58.2 Å². The van der Waals surface area contributed by atoms with Gasteiger partial charge < -0.3 is 10.6 Å². The number of hydrogen-bond donors (Lipinski definition) is 3. The fraction of sp³-hybridized carbons (Fsp3) is 0.0625. The quantitative estimate of drug-likeness (QED) is 0.608. The maximum atomic E-state index is 12.1. The monoisotopic (exact) mass is 351 g/mol. The maximum Gasteiger partial charge on any atom is 0.265 e. The highest BCUT2D eigenvalue weighted by atomic mass is 32.1. The smallest absolute Gasteiger partial charge is 0.265 e. The molecule has 0 atom stereocenters. The Morgan fingerprint density at radius 2 is 2.28 bits per heavy atom. The predicted molar refractivity (Wildman–Crippen MR) is 94.8 cm³/mol. The fourth-order valence-corrected chi connectivity index (χ4v) is 2.68. The van der Waals surface area contributed by atoms with Crippen LogP contribution >= 0.6 is 11.3 Å². The molecule has 0 aliphatic heterocycles. The van der Waals surface area contributed by atoms with Crippen LogP contribution in [-0.4, -0.2) is 26.5 Å². The van der Waals surface area contributed by atoms with Gasteiger partial charge in [-0.05, 0) is 47.3 Å². The lowest BCUT2D eigenvalue weighted by molar-refractivity contribution is 0.103. The van der Waals surface area contributed by atoms with E-state index in [2.05, 4.69) is 31.3 Å². The van der Waals surface area contributed by atoms with Gasteiger partial charge in [-0.3, -0.25) is 4.79 Å². The van der Waals surface area contributed by atoms with Crippen LogP contribution in [0.15, 0.2) is 41.9 Å². The highest BCUT2D eigenvalue weighted by molar-refractivity contribution is 7.12. The van der Waals surface area contributed by atoms with Gasteiger partial charge in [-0.2, -0.15) is 10.5 Å². The molecular weight excluding hydrogens is 338 g/mol. The van der Waals surface area contributed by atoms with Crippen molar-refractivity contribution in [1.29, 1.82) is 5.26 Å². The van der Waals surface area contributed by atoms with E-state index in [9.17, 15) is 4.79 Å². The number of thiophene rings is 1. The topological polar surface area (TPSA) is 119 Å². The molecule has 124 valence electrons. The molecule has 0 radical (unpaired) electrons. The average molecular weight is 351 g/mol. The second-order valence-corrected chi connectivity index (χ2v) is 5.96. The van der Waals surface area contributed by atoms with Gasteiger partial charge >= 0.3 is 0 Å². The molecular formula is C16H13N7OS. The Balaban J connectivity index is 1.72. The van der Waals surface area contributed by atoms with E-state index in [1.54, 1.807) is 18.2 Å². The second kappa shape index (κ2) is 7.37. The van der Waals surface area contributed by atoms with E-state index < -0.39 is 0 Å². The minimum absolute atomic E-state index is 0.137. The number of aryl methyl sites for hydroxylation is 1. The van der Waals surface area contributed by atoms with Crippen molar-refractivity contribution in [1.82, 2.24) is 20.6 Å². The highest BCUT2D eigenvalue weighted by Gasteiger charge is 2.09. The van der Waals surface area contributed by atoms with Crippen molar-refractivity contribution >= 4 is 34.2 Å². The zero-order chi connectivity index (χ0) is 17.6. The number of allylic oxidation sites excluding steroid dienone is 1. The summed E-state index contributed by atoms with van der Waals surface area (Å²) in [4.78, 5) is 12.8. The minimum atomic E-state index is -0.137. The summed E-state index contributed by atoms with van der Waals surface area (Å²) in [6, 6.07) is 11.1. The molecule has 3 aromatic rings. The molecule has 1 aromatic carbocycles. The van der Waals surface area contributed by atoms with Crippen LogP contribution in [0.2, 0.25) is 0 Å². The van der Waals surface area contributed by atoms with Crippen LogP contribution in [0.4, 0.5) is 11.4 Å². The Hall–Kier alpha value is -3.51. The van der Waals surface area contributed by atoms with E-state index in [-0.39, 0.29) is 17.3 Å². The summed E-state index contributed by atoms with van der Waals surface area (Å²) in [6.45, 7) is 1.89. The van der Waals surface area contributed by atoms with E-state index in [1.807, 2.05) is 30.5 Å². The number of nitrogens with zero attached hydrogens (tertiary/aromatic N) is 4. The molecule has 25 heavy (non-hydrogen) atoms. The first-order valence-electron chi connectivity index (χ1n) is 7.23. The lowest BCUT2D eigenvalue weighted by atomic mass is 10.1. The van der Waals surface area contributed by atoms with Gasteiger partial charge in [0.25, 0.3) is 5.91 Å². The number of nitriles is 1. The maximum absolute atomic E-state index is 12.1. The number of carbonyl (C=O) groups is 1. The summed E-state index contributed by atoms with van der Waals surface area (Å²) in [5, 5.41) is 30.1. The van der Waals surface area contributed by atoms with Gasteiger partial charge in [-0.15, -0.1) is 21.5 Å². The molecule has 8 nitrogen and oxygen atoms in total. The molecule has 0 aliphatic rings. The van der Waals surface area contributed by atoms with E-state index in [1.165, 1.54) is 17.5 Å². The number of tetrazole rings is 1. The molecule has 9 heteroatoms. The number of aromatic amines is 1. The number of amides is 1. The molecule has 3 rings (SSSR count). The van der Waals surface area contributed by atoms with Gasteiger partial charge in [0.05, 0.1) is 4.88 Å². The summed E-state index contributed by atoms with van der Waals surface area (Å²) in [6.07, 6.45) is 1.50. The Morgan fingerprint density at radius 3 is 2.92 bits per heavy atom. The molecule has 0 saturated heterocycles. The molecule has 0 spiro atoms. The van der Waals surface area contributed by atoms with Crippen LogP contribution in [0.3, 0.4) is 0 Å². The Bertz CT molecular complexity index is 940. The highest BCUT2D eigenvalue weighted by Crippen LogP contribution is 2.22. The first-order chi connectivity index (χ1) is 12.2. The first-order valence-corrected chi connectivity index (χ1v) is 8.11. The average Bonchev–Trinajstić information content (AvgIpc) is 3.31. The van der Waals surface area contributed by atoms with Gasteiger partial charge in [0, 0.05) is 17.6 Å². The third kappa shape index (κ3) is 3.88. The van der Waals surface area contributed by atoms with Crippen LogP contribution in [0, 0.1) is 18.3 Å². The van der Waals surface area contributed by atoms with Crippen molar-refractivity contribution in [2.75, 3.05) is 10.6 Å². The third-order valence-corrected chi connectivity index (χ3v) is 4.18. The fourth-order valence-electron chi connectivity index (χ4n) is 2.06. The third-order valence-electron chi connectivity index (χ3n) is 3.31. The van der Waals surface area contributed by atoms with Crippen LogP contribution in [0.1, 0.15) is 21.1 Å². The summed E-state index contributed by atoms with van der Waals surface area (Å²) in [5.74, 6) is 0.0779. The zero-order valence-corrected chi connectivity index (χ0v) is 14.0. The summed E-state index contributed by atoms with van der Waals surface area (Å²) in [5.41, 5.74) is 2.64. The molecule has 0 fully saturated rings. The molecule has 1 amide bonds. The van der Waals surface area contributed by atoms with Crippen molar-refractivity contribution < 1.29 is 4.79 Å². The van der Waals surface area contributed by atoms with Gasteiger partial charge in [0.1, 0.15) is 11.6 Å².